The van der Waals surface area contributed by atoms with Crippen molar-refractivity contribution in [2.75, 3.05) is 0 Å². The van der Waals surface area contributed by atoms with Crippen LogP contribution in [0.15, 0.2) is 218 Å². The number of hydrogen-bond donors (Lipinski definition) is 0. The fourth-order valence-electron chi connectivity index (χ4n) is 10.6. The second-order valence-electron chi connectivity index (χ2n) is 16.3. The lowest BCUT2D eigenvalue weighted by Gasteiger charge is -2.30. The summed E-state index contributed by atoms with van der Waals surface area (Å²) in [6, 6.07) is 78.4. The zero-order chi connectivity index (χ0) is 40.8. The van der Waals surface area contributed by atoms with Crippen molar-refractivity contribution < 1.29 is 0 Å². The van der Waals surface area contributed by atoms with Gasteiger partial charge in [-0.2, -0.15) is 9.97 Å². The largest absolute Gasteiger partial charge is 0.278 e. The third-order valence-electron chi connectivity index (χ3n) is 13.1. The molecule has 2 heterocycles. The van der Waals surface area contributed by atoms with Gasteiger partial charge in [0.15, 0.2) is 11.6 Å². The van der Waals surface area contributed by atoms with E-state index in [1.54, 1.807) is 0 Å². The van der Waals surface area contributed by atoms with Gasteiger partial charge in [0.2, 0.25) is 5.95 Å². The van der Waals surface area contributed by atoms with Crippen LogP contribution in [0.2, 0.25) is 0 Å². The number of hydrogen-bond acceptors (Lipinski definition) is 3. The van der Waals surface area contributed by atoms with Crippen molar-refractivity contribution in [2.24, 2.45) is 0 Å². The molecule has 0 saturated carbocycles. The predicted molar refractivity (Wildman–Crippen MR) is 252 cm³/mol. The lowest BCUT2D eigenvalue weighted by atomic mass is 9.70. The van der Waals surface area contributed by atoms with Gasteiger partial charge >= 0.3 is 0 Å². The standard InChI is InChI=1S/C58H36N4/c1-3-19-37(20-4-1)39-23-7-9-29-45(39)55-59-56(46-30-10-8-24-40(46)38-21-5-2-6-22-38)61-57(60-55)62-53-34-18-14-28-44(53)48-35-52-47(36-54(48)62)43-27-13-17-33-51(43)58(52)49-31-15-11-25-41(49)42-26-12-16-32-50(42)58/h1-36H. The fourth-order valence-corrected chi connectivity index (χ4v) is 10.6. The molecule has 0 saturated heterocycles. The zero-order valence-electron chi connectivity index (χ0n) is 33.6. The van der Waals surface area contributed by atoms with Crippen molar-refractivity contribution in [2.45, 2.75) is 5.41 Å². The van der Waals surface area contributed by atoms with Crippen LogP contribution in [0.5, 0.6) is 0 Å². The van der Waals surface area contributed by atoms with Gasteiger partial charge in [-0.1, -0.05) is 200 Å². The summed E-state index contributed by atoms with van der Waals surface area (Å²) in [5.74, 6) is 1.80. The second kappa shape index (κ2) is 13.4. The summed E-state index contributed by atoms with van der Waals surface area (Å²) >= 11 is 0. The van der Waals surface area contributed by atoms with Gasteiger partial charge in [-0.05, 0) is 85.0 Å². The minimum Gasteiger partial charge on any atom is -0.278 e. The highest BCUT2D eigenvalue weighted by Crippen LogP contribution is 2.63. The molecule has 2 aliphatic carbocycles. The van der Waals surface area contributed by atoms with Crippen LogP contribution in [0.1, 0.15) is 22.3 Å². The number of rotatable bonds is 5. The molecule has 62 heavy (non-hydrogen) atoms. The molecule has 4 heteroatoms. The molecule has 0 N–H and O–H groups in total. The second-order valence-corrected chi connectivity index (χ2v) is 16.3. The van der Waals surface area contributed by atoms with Crippen LogP contribution in [0.4, 0.5) is 0 Å². The Morgan fingerprint density at radius 3 is 1.24 bits per heavy atom. The third-order valence-corrected chi connectivity index (χ3v) is 13.1. The summed E-state index contributed by atoms with van der Waals surface area (Å²) in [7, 11) is 0. The van der Waals surface area contributed by atoms with E-state index >= 15 is 0 Å². The maximum Gasteiger partial charge on any atom is 0.238 e. The van der Waals surface area contributed by atoms with Gasteiger partial charge < -0.3 is 0 Å². The van der Waals surface area contributed by atoms with Crippen LogP contribution < -0.4 is 0 Å². The van der Waals surface area contributed by atoms with Crippen molar-refractivity contribution >= 4 is 21.8 Å². The minimum absolute atomic E-state index is 0.452. The number of aromatic nitrogens is 4. The molecule has 1 spiro atoms. The topological polar surface area (TPSA) is 43.6 Å². The average Bonchev–Trinajstić information content (AvgIpc) is 3.95. The van der Waals surface area contributed by atoms with E-state index in [1.807, 2.05) is 0 Å². The Labute approximate surface area is 359 Å². The highest BCUT2D eigenvalue weighted by Gasteiger charge is 2.51. The number of para-hydroxylation sites is 1. The Kier molecular flexibility index (Phi) is 7.49. The first-order chi connectivity index (χ1) is 30.8. The summed E-state index contributed by atoms with van der Waals surface area (Å²) < 4.78 is 2.26. The Hall–Kier alpha value is -8.21. The summed E-state index contributed by atoms with van der Waals surface area (Å²) in [5, 5.41) is 2.31. The van der Waals surface area contributed by atoms with Crippen molar-refractivity contribution in [1.82, 2.24) is 19.5 Å². The van der Waals surface area contributed by atoms with E-state index in [2.05, 4.69) is 223 Å². The Morgan fingerprint density at radius 1 is 0.290 bits per heavy atom. The Morgan fingerprint density at radius 2 is 0.710 bits per heavy atom. The highest BCUT2D eigenvalue weighted by molar-refractivity contribution is 6.12. The molecule has 4 nitrogen and oxygen atoms in total. The van der Waals surface area contributed by atoms with Crippen LogP contribution in [-0.2, 0) is 5.41 Å². The molecule has 13 rings (SSSR count). The molecule has 11 aromatic rings. The molecule has 0 unspecified atom stereocenters. The Bertz CT molecular complexity index is 3440. The summed E-state index contributed by atoms with van der Waals surface area (Å²) in [5.41, 5.74) is 18.2. The van der Waals surface area contributed by atoms with E-state index in [9.17, 15) is 0 Å². The first-order valence-electron chi connectivity index (χ1n) is 21.2. The first kappa shape index (κ1) is 34.6. The van der Waals surface area contributed by atoms with Crippen LogP contribution in [0.25, 0.3) is 95.0 Å². The van der Waals surface area contributed by atoms with Gasteiger partial charge in [0, 0.05) is 21.9 Å². The van der Waals surface area contributed by atoms with Gasteiger partial charge in [0.1, 0.15) is 0 Å². The van der Waals surface area contributed by atoms with Gasteiger partial charge in [-0.25, -0.2) is 4.98 Å². The predicted octanol–water partition coefficient (Wildman–Crippen LogP) is 14.0. The molecular formula is C58H36N4. The molecule has 0 bridgehead atoms. The first-order valence-corrected chi connectivity index (χ1v) is 21.2. The number of benzene rings is 9. The normalized spacial score (nSPS) is 13.0. The number of nitrogens with zero attached hydrogens (tertiary/aromatic N) is 4. The average molecular weight is 789 g/mol. The van der Waals surface area contributed by atoms with Crippen LogP contribution >= 0.6 is 0 Å². The quantitative estimate of drug-likeness (QED) is 0.174. The van der Waals surface area contributed by atoms with Crippen molar-refractivity contribution in [3.8, 4) is 73.2 Å². The van der Waals surface area contributed by atoms with Gasteiger partial charge in [-0.15, -0.1) is 0 Å². The molecule has 9 aromatic carbocycles. The summed E-state index contributed by atoms with van der Waals surface area (Å²) in [6.07, 6.45) is 0. The molecule has 0 aliphatic heterocycles. The van der Waals surface area contributed by atoms with Gasteiger partial charge in [0.25, 0.3) is 0 Å². The lowest BCUT2D eigenvalue weighted by Crippen LogP contribution is -2.25. The third kappa shape index (κ3) is 4.86. The maximum absolute atomic E-state index is 5.47. The van der Waals surface area contributed by atoms with E-state index in [4.69, 9.17) is 15.0 Å². The summed E-state index contributed by atoms with van der Waals surface area (Å²) in [6.45, 7) is 0. The molecule has 2 aliphatic rings. The zero-order valence-corrected chi connectivity index (χ0v) is 33.6. The van der Waals surface area contributed by atoms with Gasteiger partial charge in [-0.3, -0.25) is 4.57 Å². The fraction of sp³-hybridized carbons (Fsp3) is 0.0172. The monoisotopic (exact) mass is 788 g/mol. The SMILES string of the molecule is c1ccc(-c2ccccc2-c2nc(-c3ccccc3-c3ccccc3)nc(-n3c4ccccc4c4cc5c(cc43)-c3ccccc3C53c4ccccc4-c4ccccc43)n2)cc1. The van der Waals surface area contributed by atoms with Crippen LogP contribution in [0, 0.1) is 0 Å². The van der Waals surface area contributed by atoms with E-state index in [0.29, 0.717) is 17.6 Å². The molecule has 0 amide bonds. The molecule has 0 fully saturated rings. The van der Waals surface area contributed by atoms with Crippen molar-refractivity contribution in [3.05, 3.63) is 241 Å². The maximum atomic E-state index is 5.47. The lowest BCUT2D eigenvalue weighted by molar-refractivity contribution is 0.795. The van der Waals surface area contributed by atoms with Crippen molar-refractivity contribution in [3.63, 3.8) is 0 Å². The summed E-state index contributed by atoms with van der Waals surface area (Å²) in [4.78, 5) is 16.3. The molecule has 0 atom stereocenters. The van der Waals surface area contributed by atoms with Gasteiger partial charge in [0.05, 0.1) is 16.4 Å². The van der Waals surface area contributed by atoms with E-state index < -0.39 is 5.41 Å². The smallest absolute Gasteiger partial charge is 0.238 e. The van der Waals surface area contributed by atoms with Crippen LogP contribution in [0.3, 0.4) is 0 Å². The van der Waals surface area contributed by atoms with Crippen molar-refractivity contribution in [1.29, 1.82) is 0 Å². The molecule has 2 aromatic heterocycles. The Balaban J connectivity index is 1.12. The van der Waals surface area contributed by atoms with E-state index in [1.165, 1.54) is 44.5 Å². The molecule has 0 radical (unpaired) electrons. The van der Waals surface area contributed by atoms with E-state index in [0.717, 1.165) is 55.2 Å². The number of fused-ring (bicyclic) bond motifs is 13. The molecule has 288 valence electrons. The highest BCUT2D eigenvalue weighted by atomic mass is 15.2. The van der Waals surface area contributed by atoms with E-state index in [-0.39, 0.29) is 0 Å². The molecular weight excluding hydrogens is 753 g/mol. The minimum atomic E-state index is -0.452. The van der Waals surface area contributed by atoms with Crippen LogP contribution in [-0.4, -0.2) is 19.5 Å².